The maximum Gasteiger partial charge on any atom is 0.225 e. The van der Waals surface area contributed by atoms with Gasteiger partial charge in [-0.05, 0) is 12.1 Å². The topological polar surface area (TPSA) is 47.3 Å². The minimum atomic E-state index is -0.549. The summed E-state index contributed by atoms with van der Waals surface area (Å²) in [6, 6.07) is 4.23. The molecule has 4 heteroatoms. The Bertz CT molecular complexity index is 291. The second-order valence-corrected chi connectivity index (χ2v) is 2.32. The Balaban J connectivity index is 0.000000396. The number of hydrogen-bond acceptors (Lipinski definition) is 3. The quantitative estimate of drug-likeness (QED) is 0.647. The highest BCUT2D eigenvalue weighted by atomic mass is 19.1. The molecule has 0 aromatic heterocycles. The summed E-state index contributed by atoms with van der Waals surface area (Å²) in [5.41, 5.74) is 5.99. The van der Waals surface area contributed by atoms with Gasteiger partial charge in [-0.3, -0.25) is 5.73 Å². The number of nitrogens with two attached hydrogens (primary N) is 1. The van der Waals surface area contributed by atoms with Crippen LogP contribution in [0.5, 0.6) is 5.75 Å². The van der Waals surface area contributed by atoms with Crippen molar-refractivity contribution in [3.8, 4) is 5.75 Å². The first-order valence-electron chi connectivity index (χ1n) is 4.24. The van der Waals surface area contributed by atoms with Gasteiger partial charge in [0.05, 0.1) is 5.69 Å². The van der Waals surface area contributed by atoms with Crippen LogP contribution in [0.1, 0.15) is 13.8 Å². The lowest BCUT2D eigenvalue weighted by molar-refractivity contribution is 0.262. The maximum absolute atomic E-state index is 12.6. The van der Waals surface area contributed by atoms with E-state index >= 15 is 0 Å². The van der Waals surface area contributed by atoms with Gasteiger partial charge < -0.3 is 10.1 Å². The molecule has 1 unspecified atom stereocenters. The normalized spacial score (nSPS) is 17.7. The van der Waals surface area contributed by atoms with Crippen LogP contribution in [0.2, 0.25) is 0 Å². The summed E-state index contributed by atoms with van der Waals surface area (Å²) in [5, 5.41) is 2.75. The van der Waals surface area contributed by atoms with Crippen LogP contribution in [0.25, 0.3) is 0 Å². The number of nitrogens with one attached hydrogen (secondary N) is 1. The molecule has 0 aliphatic carbocycles. The summed E-state index contributed by atoms with van der Waals surface area (Å²) in [7, 11) is 0. The Morgan fingerprint density at radius 1 is 1.46 bits per heavy atom. The lowest BCUT2D eigenvalue weighted by Crippen LogP contribution is -2.30. The fourth-order valence-corrected chi connectivity index (χ4v) is 1.04. The zero-order valence-electron chi connectivity index (χ0n) is 7.67. The number of fused-ring (bicyclic) bond motifs is 1. The third kappa shape index (κ3) is 2.09. The molecule has 1 heterocycles. The third-order valence-corrected chi connectivity index (χ3v) is 1.49. The Kier molecular flexibility index (Phi) is 3.08. The van der Waals surface area contributed by atoms with E-state index < -0.39 is 6.35 Å². The molecule has 1 aliphatic heterocycles. The monoisotopic (exact) mass is 184 g/mol. The number of halogens is 1. The lowest BCUT2D eigenvalue weighted by Gasteiger charge is -2.00. The van der Waals surface area contributed by atoms with Crippen LogP contribution in [0.15, 0.2) is 18.2 Å². The van der Waals surface area contributed by atoms with Gasteiger partial charge in [-0.15, -0.1) is 0 Å². The van der Waals surface area contributed by atoms with Crippen LogP contribution in [-0.2, 0) is 0 Å². The van der Waals surface area contributed by atoms with Crippen LogP contribution in [0.3, 0.4) is 0 Å². The molecule has 13 heavy (non-hydrogen) atoms. The van der Waals surface area contributed by atoms with Crippen molar-refractivity contribution in [1.29, 1.82) is 0 Å². The van der Waals surface area contributed by atoms with E-state index in [9.17, 15) is 4.39 Å². The minimum Gasteiger partial charge on any atom is -0.456 e. The van der Waals surface area contributed by atoms with Crippen molar-refractivity contribution in [3.05, 3.63) is 24.0 Å². The number of anilines is 1. The maximum atomic E-state index is 12.6. The van der Waals surface area contributed by atoms with Crippen molar-refractivity contribution < 1.29 is 9.13 Å². The summed E-state index contributed by atoms with van der Waals surface area (Å²) >= 11 is 0. The van der Waals surface area contributed by atoms with Gasteiger partial charge >= 0.3 is 0 Å². The van der Waals surface area contributed by atoms with Crippen molar-refractivity contribution in [2.75, 3.05) is 5.32 Å². The number of benzene rings is 1. The summed E-state index contributed by atoms with van der Waals surface area (Å²) in [4.78, 5) is 0. The van der Waals surface area contributed by atoms with Crippen LogP contribution >= 0.6 is 0 Å². The van der Waals surface area contributed by atoms with Crippen LogP contribution in [0, 0.1) is 5.82 Å². The Labute approximate surface area is 76.7 Å². The van der Waals surface area contributed by atoms with Crippen LogP contribution < -0.4 is 15.8 Å². The van der Waals surface area contributed by atoms with Gasteiger partial charge in [-0.1, -0.05) is 13.8 Å². The molecule has 0 saturated heterocycles. The van der Waals surface area contributed by atoms with Crippen molar-refractivity contribution in [1.82, 2.24) is 0 Å². The van der Waals surface area contributed by atoms with Crippen LogP contribution in [0.4, 0.5) is 10.1 Å². The fraction of sp³-hybridized carbons (Fsp3) is 0.333. The third-order valence-electron chi connectivity index (χ3n) is 1.49. The molecule has 1 atom stereocenters. The average molecular weight is 184 g/mol. The molecule has 2 rings (SSSR count). The second-order valence-electron chi connectivity index (χ2n) is 2.32. The molecule has 0 saturated carbocycles. The molecule has 1 aliphatic rings. The predicted octanol–water partition coefficient (Wildman–Crippen LogP) is 1.90. The average Bonchev–Trinajstić information content (AvgIpc) is 2.48. The van der Waals surface area contributed by atoms with Gasteiger partial charge in [-0.25, -0.2) is 4.39 Å². The highest BCUT2D eigenvalue weighted by Gasteiger charge is 2.17. The molecule has 0 radical (unpaired) electrons. The predicted molar refractivity (Wildman–Crippen MR) is 50.0 cm³/mol. The minimum absolute atomic E-state index is 0.297. The SMILES string of the molecule is CC.NC1Nc2cc(F)ccc2O1. The zero-order chi connectivity index (χ0) is 9.84. The highest BCUT2D eigenvalue weighted by Crippen LogP contribution is 2.30. The van der Waals surface area contributed by atoms with E-state index in [1.807, 2.05) is 13.8 Å². The Hall–Kier alpha value is -1.29. The smallest absolute Gasteiger partial charge is 0.225 e. The van der Waals surface area contributed by atoms with Crippen molar-refractivity contribution >= 4 is 5.69 Å². The first kappa shape index (κ1) is 9.80. The van der Waals surface area contributed by atoms with Gasteiger partial charge in [-0.2, -0.15) is 0 Å². The van der Waals surface area contributed by atoms with E-state index in [1.54, 1.807) is 6.07 Å². The fourth-order valence-electron chi connectivity index (χ4n) is 1.04. The molecule has 0 bridgehead atoms. The summed E-state index contributed by atoms with van der Waals surface area (Å²) in [6.07, 6.45) is -0.549. The van der Waals surface area contributed by atoms with E-state index in [-0.39, 0.29) is 5.82 Å². The molecular weight excluding hydrogens is 171 g/mol. The molecule has 3 N–H and O–H groups in total. The van der Waals surface area contributed by atoms with E-state index in [2.05, 4.69) is 5.32 Å². The molecule has 0 fully saturated rings. The zero-order valence-corrected chi connectivity index (χ0v) is 7.67. The van der Waals surface area contributed by atoms with Gasteiger partial charge in [0.1, 0.15) is 11.6 Å². The van der Waals surface area contributed by atoms with Crippen molar-refractivity contribution in [2.45, 2.75) is 20.2 Å². The molecule has 0 amide bonds. The summed E-state index contributed by atoms with van der Waals surface area (Å²) in [5.74, 6) is 0.299. The van der Waals surface area contributed by atoms with E-state index in [1.165, 1.54) is 12.1 Å². The standard InChI is InChI=1S/C7H7FN2O.C2H6/c8-4-1-2-6-5(3-4)10-7(9)11-6;1-2/h1-3,7,10H,9H2;1-2H3. The van der Waals surface area contributed by atoms with Gasteiger partial charge in [0.25, 0.3) is 0 Å². The molecule has 72 valence electrons. The van der Waals surface area contributed by atoms with E-state index in [0.29, 0.717) is 11.4 Å². The van der Waals surface area contributed by atoms with Crippen molar-refractivity contribution in [3.63, 3.8) is 0 Å². The molecule has 0 spiro atoms. The van der Waals surface area contributed by atoms with Gasteiger partial charge in [0, 0.05) is 6.07 Å². The summed E-state index contributed by atoms with van der Waals surface area (Å²) < 4.78 is 17.6. The van der Waals surface area contributed by atoms with Crippen LogP contribution in [-0.4, -0.2) is 6.35 Å². The van der Waals surface area contributed by atoms with Gasteiger partial charge in [0.15, 0.2) is 0 Å². The highest BCUT2D eigenvalue weighted by molar-refractivity contribution is 5.59. The molecule has 3 nitrogen and oxygen atoms in total. The molecule has 1 aromatic carbocycles. The number of hydrogen-bond donors (Lipinski definition) is 2. The number of ether oxygens (including phenoxy) is 1. The molecular formula is C9H13FN2O. The number of rotatable bonds is 0. The first-order chi connectivity index (χ1) is 6.25. The second kappa shape index (κ2) is 4.09. The lowest BCUT2D eigenvalue weighted by atomic mass is 10.3. The first-order valence-corrected chi connectivity index (χ1v) is 4.24. The largest absolute Gasteiger partial charge is 0.456 e. The molecule has 1 aromatic rings. The van der Waals surface area contributed by atoms with Gasteiger partial charge in [0.2, 0.25) is 6.35 Å². The Morgan fingerprint density at radius 3 is 2.85 bits per heavy atom. The van der Waals surface area contributed by atoms with E-state index in [0.717, 1.165) is 0 Å². The Morgan fingerprint density at radius 2 is 2.15 bits per heavy atom. The summed E-state index contributed by atoms with van der Waals surface area (Å²) in [6.45, 7) is 4.00. The van der Waals surface area contributed by atoms with E-state index in [4.69, 9.17) is 10.5 Å². The van der Waals surface area contributed by atoms with Crippen molar-refractivity contribution in [2.24, 2.45) is 5.73 Å².